The van der Waals surface area contributed by atoms with E-state index in [0.29, 0.717) is 5.92 Å². The Labute approximate surface area is 109 Å². The lowest BCUT2D eigenvalue weighted by Gasteiger charge is -2.24. The van der Waals surface area contributed by atoms with Crippen molar-refractivity contribution >= 4 is 10.8 Å². The molecule has 2 unspecified atom stereocenters. The van der Waals surface area contributed by atoms with Crippen molar-refractivity contribution in [1.29, 1.82) is 0 Å². The molecule has 0 saturated carbocycles. The molecule has 0 radical (unpaired) electrons. The van der Waals surface area contributed by atoms with E-state index in [1.807, 2.05) is 7.05 Å². The smallest absolute Gasteiger partial charge is 0.0341 e. The van der Waals surface area contributed by atoms with Gasteiger partial charge in [-0.15, -0.1) is 0 Å². The molecule has 2 aromatic rings. The second-order valence-electron chi connectivity index (χ2n) is 4.82. The highest BCUT2D eigenvalue weighted by molar-refractivity contribution is 5.86. The van der Waals surface area contributed by atoms with Crippen molar-refractivity contribution in [2.75, 3.05) is 13.6 Å². The van der Waals surface area contributed by atoms with Gasteiger partial charge in [-0.25, -0.2) is 0 Å². The van der Waals surface area contributed by atoms with Crippen molar-refractivity contribution in [3.05, 3.63) is 48.0 Å². The van der Waals surface area contributed by atoms with Gasteiger partial charge in [0.25, 0.3) is 0 Å². The van der Waals surface area contributed by atoms with E-state index >= 15 is 0 Å². The van der Waals surface area contributed by atoms with Crippen LogP contribution in [0.1, 0.15) is 24.9 Å². The van der Waals surface area contributed by atoms with Crippen LogP contribution in [0.5, 0.6) is 0 Å². The first-order chi connectivity index (χ1) is 8.77. The number of benzene rings is 2. The average molecular weight is 242 g/mol. The van der Waals surface area contributed by atoms with Gasteiger partial charge in [-0.3, -0.25) is 0 Å². The molecule has 0 bridgehead atoms. The summed E-state index contributed by atoms with van der Waals surface area (Å²) in [6.45, 7) is 3.16. The molecule has 0 amide bonds. The number of fused-ring (bicyclic) bond motifs is 1. The maximum atomic E-state index is 6.46. The average Bonchev–Trinajstić information content (AvgIpc) is 2.43. The molecule has 2 nitrogen and oxygen atoms in total. The lowest BCUT2D eigenvalue weighted by atomic mass is 9.88. The molecule has 18 heavy (non-hydrogen) atoms. The Bertz CT molecular complexity index is 502. The third kappa shape index (κ3) is 2.55. The third-order valence-corrected chi connectivity index (χ3v) is 3.68. The van der Waals surface area contributed by atoms with Crippen LogP contribution in [0.15, 0.2) is 42.5 Å². The molecule has 2 heteroatoms. The zero-order valence-corrected chi connectivity index (χ0v) is 11.2. The standard InChI is InChI=1S/C16H22N2/c1-3-12(11-18-2)16(17)15-10-6-8-13-7-4-5-9-14(13)15/h4-10,12,16,18H,3,11,17H2,1-2H3. The molecule has 0 aliphatic heterocycles. The summed E-state index contributed by atoms with van der Waals surface area (Å²) in [6.07, 6.45) is 1.09. The lowest BCUT2D eigenvalue weighted by molar-refractivity contribution is 0.405. The molecule has 0 heterocycles. The van der Waals surface area contributed by atoms with Gasteiger partial charge in [0.2, 0.25) is 0 Å². The summed E-state index contributed by atoms with van der Waals surface area (Å²) >= 11 is 0. The molecule has 0 aromatic heterocycles. The normalized spacial score (nSPS) is 14.6. The molecule has 96 valence electrons. The van der Waals surface area contributed by atoms with Crippen LogP contribution in [0.25, 0.3) is 10.8 Å². The summed E-state index contributed by atoms with van der Waals surface area (Å²) in [4.78, 5) is 0. The molecule has 2 atom stereocenters. The van der Waals surface area contributed by atoms with Crippen molar-refractivity contribution in [2.45, 2.75) is 19.4 Å². The Kier molecular flexibility index (Phi) is 4.34. The molecule has 0 fully saturated rings. The summed E-state index contributed by atoms with van der Waals surface area (Å²) in [5, 5.41) is 5.79. The highest BCUT2D eigenvalue weighted by atomic mass is 14.8. The number of nitrogens with one attached hydrogen (secondary N) is 1. The van der Waals surface area contributed by atoms with Crippen LogP contribution in [0.3, 0.4) is 0 Å². The van der Waals surface area contributed by atoms with Crippen LogP contribution >= 0.6 is 0 Å². The Balaban J connectivity index is 2.40. The highest BCUT2D eigenvalue weighted by Crippen LogP contribution is 2.28. The van der Waals surface area contributed by atoms with Crippen LogP contribution < -0.4 is 11.1 Å². The first kappa shape index (κ1) is 13.1. The second kappa shape index (κ2) is 5.98. The van der Waals surface area contributed by atoms with Crippen molar-refractivity contribution in [2.24, 2.45) is 11.7 Å². The Morgan fingerprint density at radius 3 is 2.56 bits per heavy atom. The van der Waals surface area contributed by atoms with Gasteiger partial charge in [-0.2, -0.15) is 0 Å². The van der Waals surface area contributed by atoms with Crippen LogP contribution in [0.2, 0.25) is 0 Å². The largest absolute Gasteiger partial charge is 0.324 e. The minimum absolute atomic E-state index is 0.0912. The molecule has 0 aliphatic carbocycles. The van der Waals surface area contributed by atoms with Gasteiger partial charge in [0.1, 0.15) is 0 Å². The summed E-state index contributed by atoms with van der Waals surface area (Å²) in [7, 11) is 1.98. The number of hydrogen-bond acceptors (Lipinski definition) is 2. The van der Waals surface area contributed by atoms with Gasteiger partial charge in [0.15, 0.2) is 0 Å². The Hall–Kier alpha value is -1.38. The SMILES string of the molecule is CCC(CNC)C(N)c1cccc2ccccc12. The highest BCUT2D eigenvalue weighted by Gasteiger charge is 2.18. The first-order valence-corrected chi connectivity index (χ1v) is 6.65. The van der Waals surface area contributed by atoms with E-state index in [0.717, 1.165) is 13.0 Å². The van der Waals surface area contributed by atoms with Gasteiger partial charge in [0.05, 0.1) is 0 Å². The van der Waals surface area contributed by atoms with E-state index in [1.54, 1.807) is 0 Å². The second-order valence-corrected chi connectivity index (χ2v) is 4.82. The molecular formula is C16H22N2. The molecule has 3 N–H and O–H groups in total. The van der Waals surface area contributed by atoms with Crippen molar-refractivity contribution in [3.8, 4) is 0 Å². The number of rotatable bonds is 5. The lowest BCUT2D eigenvalue weighted by Crippen LogP contribution is -2.29. The quantitative estimate of drug-likeness (QED) is 0.845. The van der Waals surface area contributed by atoms with E-state index in [1.165, 1.54) is 16.3 Å². The van der Waals surface area contributed by atoms with E-state index in [-0.39, 0.29) is 6.04 Å². The van der Waals surface area contributed by atoms with E-state index in [9.17, 15) is 0 Å². The van der Waals surface area contributed by atoms with Crippen molar-refractivity contribution in [1.82, 2.24) is 5.32 Å². The topological polar surface area (TPSA) is 38.0 Å². The van der Waals surface area contributed by atoms with Crippen LogP contribution in [-0.4, -0.2) is 13.6 Å². The molecule has 2 aromatic carbocycles. The van der Waals surface area contributed by atoms with Crippen LogP contribution in [0, 0.1) is 5.92 Å². The maximum Gasteiger partial charge on any atom is 0.0341 e. The Morgan fingerprint density at radius 1 is 1.11 bits per heavy atom. The van der Waals surface area contributed by atoms with Crippen LogP contribution in [-0.2, 0) is 0 Å². The summed E-state index contributed by atoms with van der Waals surface area (Å²) in [5.41, 5.74) is 7.72. The predicted octanol–water partition coefficient (Wildman–Crippen LogP) is 3.09. The fraction of sp³-hybridized carbons (Fsp3) is 0.375. The van der Waals surface area contributed by atoms with E-state index < -0.39 is 0 Å². The summed E-state index contributed by atoms with van der Waals surface area (Å²) < 4.78 is 0. The van der Waals surface area contributed by atoms with E-state index in [2.05, 4.69) is 54.7 Å². The summed E-state index contributed by atoms with van der Waals surface area (Å²) in [6, 6.07) is 15.0. The summed E-state index contributed by atoms with van der Waals surface area (Å²) in [5.74, 6) is 0.473. The van der Waals surface area contributed by atoms with Gasteiger partial charge >= 0.3 is 0 Å². The van der Waals surface area contributed by atoms with Gasteiger partial charge in [-0.05, 0) is 35.8 Å². The molecule has 0 aliphatic rings. The molecular weight excluding hydrogens is 220 g/mol. The fourth-order valence-electron chi connectivity index (χ4n) is 2.58. The monoisotopic (exact) mass is 242 g/mol. The van der Waals surface area contributed by atoms with Crippen LogP contribution in [0.4, 0.5) is 0 Å². The predicted molar refractivity (Wildman–Crippen MR) is 78.6 cm³/mol. The van der Waals surface area contributed by atoms with Gasteiger partial charge in [-0.1, -0.05) is 55.8 Å². The minimum Gasteiger partial charge on any atom is -0.324 e. The van der Waals surface area contributed by atoms with Gasteiger partial charge < -0.3 is 11.1 Å². The zero-order valence-electron chi connectivity index (χ0n) is 11.2. The van der Waals surface area contributed by atoms with Gasteiger partial charge in [0, 0.05) is 6.04 Å². The van der Waals surface area contributed by atoms with Crippen molar-refractivity contribution < 1.29 is 0 Å². The molecule has 0 spiro atoms. The number of nitrogens with two attached hydrogens (primary N) is 1. The Morgan fingerprint density at radius 2 is 1.83 bits per heavy atom. The third-order valence-electron chi connectivity index (χ3n) is 3.68. The van der Waals surface area contributed by atoms with Crippen molar-refractivity contribution in [3.63, 3.8) is 0 Å². The number of hydrogen-bond donors (Lipinski definition) is 2. The van der Waals surface area contributed by atoms with E-state index in [4.69, 9.17) is 5.73 Å². The fourth-order valence-corrected chi connectivity index (χ4v) is 2.58. The minimum atomic E-state index is 0.0912. The zero-order chi connectivity index (χ0) is 13.0. The maximum absolute atomic E-state index is 6.46. The first-order valence-electron chi connectivity index (χ1n) is 6.65. The molecule has 2 rings (SSSR count). The molecule has 0 saturated heterocycles.